The van der Waals surface area contributed by atoms with Crippen LogP contribution in [0.25, 0.3) is 0 Å². The van der Waals surface area contributed by atoms with Crippen molar-refractivity contribution in [2.75, 3.05) is 13.6 Å². The summed E-state index contributed by atoms with van der Waals surface area (Å²) in [6.45, 7) is 6.50. The van der Waals surface area contributed by atoms with Crippen LogP contribution in [0.15, 0.2) is 6.20 Å². The van der Waals surface area contributed by atoms with Crippen molar-refractivity contribution in [3.8, 4) is 0 Å². The summed E-state index contributed by atoms with van der Waals surface area (Å²) >= 11 is 0. The second-order valence-electron chi connectivity index (χ2n) is 4.98. The summed E-state index contributed by atoms with van der Waals surface area (Å²) < 4.78 is 1.93. The van der Waals surface area contributed by atoms with E-state index >= 15 is 0 Å². The maximum absolute atomic E-state index is 4.26. The highest BCUT2D eigenvalue weighted by molar-refractivity contribution is 5.15. The highest BCUT2D eigenvalue weighted by Crippen LogP contribution is 2.15. The lowest BCUT2D eigenvalue weighted by Crippen LogP contribution is -2.31. The summed E-state index contributed by atoms with van der Waals surface area (Å²) in [7, 11) is 4.19. The summed E-state index contributed by atoms with van der Waals surface area (Å²) in [5, 5.41) is 7.88. The minimum atomic E-state index is 0.625. The first kappa shape index (κ1) is 11.6. The Balaban J connectivity index is 1.87. The summed E-state index contributed by atoms with van der Waals surface area (Å²) in [5.74, 6) is 0. The van der Waals surface area contributed by atoms with Crippen LogP contribution < -0.4 is 5.32 Å². The fraction of sp³-hybridized carbons (Fsp3) is 0.750. The summed E-state index contributed by atoms with van der Waals surface area (Å²) in [6.07, 6.45) is 3.21. The highest BCUT2D eigenvalue weighted by Gasteiger charge is 2.25. The van der Waals surface area contributed by atoms with Gasteiger partial charge in [0.05, 0.1) is 6.20 Å². The molecule has 1 fully saturated rings. The predicted molar refractivity (Wildman–Crippen MR) is 65.3 cm³/mol. The first-order valence-electron chi connectivity index (χ1n) is 5.99. The zero-order chi connectivity index (χ0) is 11.7. The Bertz CT molecular complexity index is 348. The first-order chi connectivity index (χ1) is 7.58. The van der Waals surface area contributed by atoms with Gasteiger partial charge in [0, 0.05) is 43.5 Å². The normalized spacial score (nSPS) is 26.5. The number of likely N-dealkylation sites (N-methyl/N-ethyl adjacent to an activating group) is 1. The lowest BCUT2D eigenvalue weighted by atomic mass is 10.2. The number of hydrogen-bond acceptors (Lipinski definition) is 3. The molecule has 1 aliphatic rings. The molecule has 4 nitrogen and oxygen atoms in total. The second kappa shape index (κ2) is 4.55. The quantitative estimate of drug-likeness (QED) is 0.825. The molecule has 0 saturated carbocycles. The molecule has 1 aromatic heterocycles. The maximum Gasteiger partial charge on any atom is 0.0537 e. The number of nitrogens with one attached hydrogen (secondary N) is 1. The van der Waals surface area contributed by atoms with Crippen molar-refractivity contribution < 1.29 is 0 Å². The predicted octanol–water partition coefficient (Wildman–Crippen LogP) is 0.911. The monoisotopic (exact) mass is 222 g/mol. The third-order valence-corrected chi connectivity index (χ3v) is 3.80. The van der Waals surface area contributed by atoms with Crippen LogP contribution in [0.3, 0.4) is 0 Å². The second-order valence-corrected chi connectivity index (χ2v) is 4.98. The van der Waals surface area contributed by atoms with E-state index in [1.165, 1.54) is 17.7 Å². The Hall–Kier alpha value is -0.870. The summed E-state index contributed by atoms with van der Waals surface area (Å²) in [4.78, 5) is 2.41. The Kier molecular flexibility index (Phi) is 3.30. The Morgan fingerprint density at radius 3 is 2.75 bits per heavy atom. The molecule has 2 unspecified atom stereocenters. The molecule has 4 heteroatoms. The Morgan fingerprint density at radius 2 is 2.25 bits per heavy atom. The van der Waals surface area contributed by atoms with Gasteiger partial charge in [0.2, 0.25) is 0 Å². The van der Waals surface area contributed by atoms with Crippen LogP contribution in [0, 0.1) is 6.92 Å². The van der Waals surface area contributed by atoms with Gasteiger partial charge in [-0.05, 0) is 27.3 Å². The average Bonchev–Trinajstić information content (AvgIpc) is 2.72. The van der Waals surface area contributed by atoms with Gasteiger partial charge in [0.15, 0.2) is 0 Å². The standard InChI is InChI=1S/C12H22N4/c1-9-5-12(8-15(9)3)13-6-11-7-14-16(4)10(11)2/h7,9,12-13H,5-6,8H2,1-4H3. The largest absolute Gasteiger partial charge is 0.308 e. The van der Waals surface area contributed by atoms with Crippen LogP contribution in [0.4, 0.5) is 0 Å². The fourth-order valence-electron chi connectivity index (χ4n) is 2.31. The fourth-order valence-corrected chi connectivity index (χ4v) is 2.31. The molecule has 2 rings (SSSR count). The van der Waals surface area contributed by atoms with E-state index < -0.39 is 0 Å². The number of aromatic nitrogens is 2. The van der Waals surface area contributed by atoms with Crippen molar-refractivity contribution in [1.82, 2.24) is 20.0 Å². The van der Waals surface area contributed by atoms with Gasteiger partial charge in [-0.3, -0.25) is 4.68 Å². The van der Waals surface area contributed by atoms with Crippen LogP contribution in [0.1, 0.15) is 24.6 Å². The molecule has 0 aromatic carbocycles. The lowest BCUT2D eigenvalue weighted by molar-refractivity contribution is 0.326. The zero-order valence-corrected chi connectivity index (χ0v) is 10.7. The van der Waals surface area contributed by atoms with Crippen LogP contribution in [0.5, 0.6) is 0 Å². The Morgan fingerprint density at radius 1 is 1.50 bits per heavy atom. The van der Waals surface area contributed by atoms with Crippen LogP contribution in [-0.2, 0) is 13.6 Å². The number of likely N-dealkylation sites (tertiary alicyclic amines) is 1. The van der Waals surface area contributed by atoms with Gasteiger partial charge in [0.25, 0.3) is 0 Å². The number of rotatable bonds is 3. The molecule has 0 spiro atoms. The molecular formula is C12H22N4. The molecular weight excluding hydrogens is 200 g/mol. The van der Waals surface area contributed by atoms with E-state index in [4.69, 9.17) is 0 Å². The van der Waals surface area contributed by atoms with Crippen molar-refractivity contribution in [1.29, 1.82) is 0 Å². The van der Waals surface area contributed by atoms with Gasteiger partial charge in [-0.15, -0.1) is 0 Å². The molecule has 90 valence electrons. The molecule has 2 heterocycles. The van der Waals surface area contributed by atoms with Crippen molar-refractivity contribution in [3.63, 3.8) is 0 Å². The molecule has 1 aliphatic heterocycles. The molecule has 1 aromatic rings. The average molecular weight is 222 g/mol. The van der Waals surface area contributed by atoms with Gasteiger partial charge >= 0.3 is 0 Å². The van der Waals surface area contributed by atoms with Crippen molar-refractivity contribution >= 4 is 0 Å². The smallest absolute Gasteiger partial charge is 0.0537 e. The van der Waals surface area contributed by atoms with E-state index in [0.717, 1.165) is 13.1 Å². The molecule has 1 N–H and O–H groups in total. The van der Waals surface area contributed by atoms with Crippen LogP contribution in [-0.4, -0.2) is 40.4 Å². The molecule has 0 amide bonds. The van der Waals surface area contributed by atoms with Gasteiger partial charge < -0.3 is 10.2 Å². The minimum Gasteiger partial charge on any atom is -0.308 e. The van der Waals surface area contributed by atoms with E-state index in [-0.39, 0.29) is 0 Å². The van der Waals surface area contributed by atoms with Crippen molar-refractivity contribution in [2.45, 2.75) is 38.9 Å². The van der Waals surface area contributed by atoms with Gasteiger partial charge in [-0.1, -0.05) is 0 Å². The topological polar surface area (TPSA) is 33.1 Å². The molecule has 16 heavy (non-hydrogen) atoms. The summed E-state index contributed by atoms with van der Waals surface area (Å²) in [6, 6.07) is 1.33. The molecule has 0 bridgehead atoms. The SMILES string of the molecule is Cc1c(CNC2CC(C)N(C)C2)cnn1C. The van der Waals surface area contributed by atoms with E-state index in [2.05, 4.69) is 36.2 Å². The molecule has 0 aliphatic carbocycles. The third-order valence-electron chi connectivity index (χ3n) is 3.80. The number of aryl methyl sites for hydroxylation is 1. The van der Waals surface area contributed by atoms with E-state index in [9.17, 15) is 0 Å². The number of nitrogens with zero attached hydrogens (tertiary/aromatic N) is 3. The van der Waals surface area contributed by atoms with Crippen molar-refractivity contribution in [2.24, 2.45) is 7.05 Å². The maximum atomic E-state index is 4.26. The van der Waals surface area contributed by atoms with Crippen molar-refractivity contribution in [3.05, 3.63) is 17.5 Å². The van der Waals surface area contributed by atoms with Gasteiger partial charge in [0.1, 0.15) is 0 Å². The van der Waals surface area contributed by atoms with Gasteiger partial charge in [-0.2, -0.15) is 5.10 Å². The molecule has 2 atom stereocenters. The summed E-state index contributed by atoms with van der Waals surface area (Å²) in [5.41, 5.74) is 2.57. The zero-order valence-electron chi connectivity index (χ0n) is 10.7. The Labute approximate surface area is 97.6 Å². The minimum absolute atomic E-state index is 0.625. The lowest BCUT2D eigenvalue weighted by Gasteiger charge is -2.13. The first-order valence-corrected chi connectivity index (χ1v) is 5.99. The van der Waals surface area contributed by atoms with Gasteiger partial charge in [-0.25, -0.2) is 0 Å². The van der Waals surface area contributed by atoms with E-state index in [1.54, 1.807) is 0 Å². The highest BCUT2D eigenvalue weighted by atomic mass is 15.3. The van der Waals surface area contributed by atoms with Crippen LogP contribution in [0.2, 0.25) is 0 Å². The molecule has 1 saturated heterocycles. The number of hydrogen-bond donors (Lipinski definition) is 1. The van der Waals surface area contributed by atoms with Crippen LogP contribution >= 0.6 is 0 Å². The van der Waals surface area contributed by atoms with E-state index in [0.29, 0.717) is 12.1 Å². The molecule has 0 radical (unpaired) electrons. The van der Waals surface area contributed by atoms with E-state index in [1.807, 2.05) is 17.9 Å². The third kappa shape index (κ3) is 2.28.